The number of hydrogen-bond acceptors (Lipinski definition) is 2. The highest BCUT2D eigenvalue weighted by molar-refractivity contribution is 6.17. The molecule has 0 aromatic heterocycles. The van der Waals surface area contributed by atoms with Crippen molar-refractivity contribution >= 4 is 11.6 Å². The molecule has 1 heterocycles. The van der Waals surface area contributed by atoms with E-state index in [2.05, 4.69) is 17.3 Å². The van der Waals surface area contributed by atoms with Gasteiger partial charge in [0.05, 0.1) is 0 Å². The van der Waals surface area contributed by atoms with E-state index < -0.39 is 0 Å². The zero-order chi connectivity index (χ0) is 11.6. The molecule has 0 spiro atoms. The first-order valence-corrected chi connectivity index (χ1v) is 7.35. The Balaban J connectivity index is 1.90. The van der Waals surface area contributed by atoms with Crippen LogP contribution in [0.2, 0.25) is 0 Å². The molecule has 1 N–H and O–H groups in total. The fraction of sp³-hybridized carbons (Fsp3) is 1.00. The van der Waals surface area contributed by atoms with Crippen LogP contribution in [-0.4, -0.2) is 43.5 Å². The number of piperidine rings is 1. The Bertz CT molecular complexity index is 164. The second-order valence-electron chi connectivity index (χ2n) is 4.92. The largest absolute Gasteiger partial charge is 0.317 e. The number of alkyl halides is 1. The van der Waals surface area contributed by atoms with Crippen molar-refractivity contribution in [3.63, 3.8) is 0 Å². The van der Waals surface area contributed by atoms with Crippen molar-refractivity contribution in [1.29, 1.82) is 0 Å². The minimum atomic E-state index is 0.812. The van der Waals surface area contributed by atoms with Crippen molar-refractivity contribution in [3.8, 4) is 0 Å². The summed E-state index contributed by atoms with van der Waals surface area (Å²) in [5.74, 6) is 0.812. The Labute approximate surface area is 106 Å². The lowest BCUT2D eigenvalue weighted by Crippen LogP contribution is -2.38. The molecule has 2 nitrogen and oxygen atoms in total. The summed E-state index contributed by atoms with van der Waals surface area (Å²) in [6, 6.07) is 0.823. The third-order valence-corrected chi connectivity index (χ3v) is 3.83. The lowest BCUT2D eigenvalue weighted by Gasteiger charge is -2.32. The number of rotatable bonds is 8. The second-order valence-corrected chi connectivity index (χ2v) is 5.30. The number of unbranched alkanes of at least 4 members (excludes halogenated alkanes) is 2. The van der Waals surface area contributed by atoms with Crippen molar-refractivity contribution in [2.24, 2.45) is 0 Å². The van der Waals surface area contributed by atoms with Crippen molar-refractivity contribution in [2.75, 3.05) is 32.6 Å². The molecule has 0 radical (unpaired) electrons. The first-order valence-electron chi connectivity index (χ1n) is 6.81. The molecule has 0 saturated carbocycles. The number of nitrogens with one attached hydrogen (secondary N) is 1. The van der Waals surface area contributed by atoms with Crippen LogP contribution >= 0.6 is 11.6 Å². The molecule has 1 aliphatic heterocycles. The molecule has 1 unspecified atom stereocenters. The summed E-state index contributed by atoms with van der Waals surface area (Å²) in [7, 11) is 2.27. The fourth-order valence-corrected chi connectivity index (χ4v) is 2.61. The zero-order valence-electron chi connectivity index (χ0n) is 10.7. The Kier molecular flexibility index (Phi) is 8.26. The van der Waals surface area contributed by atoms with Crippen LogP contribution in [-0.2, 0) is 0 Å². The van der Waals surface area contributed by atoms with Crippen LogP contribution in [0.3, 0.4) is 0 Å². The Morgan fingerprint density at radius 1 is 1.19 bits per heavy atom. The molecule has 0 amide bonds. The van der Waals surface area contributed by atoms with E-state index in [1.807, 2.05) is 0 Å². The van der Waals surface area contributed by atoms with Crippen LogP contribution in [0, 0.1) is 0 Å². The maximum Gasteiger partial charge on any atom is 0.0223 e. The van der Waals surface area contributed by atoms with Gasteiger partial charge < -0.3 is 10.2 Å². The predicted octanol–water partition coefficient (Wildman–Crippen LogP) is 2.86. The Morgan fingerprint density at radius 3 is 2.81 bits per heavy atom. The van der Waals surface area contributed by atoms with Crippen LogP contribution in [0.25, 0.3) is 0 Å². The molecule has 16 heavy (non-hydrogen) atoms. The highest BCUT2D eigenvalue weighted by Gasteiger charge is 2.17. The maximum atomic E-state index is 5.63. The van der Waals surface area contributed by atoms with Gasteiger partial charge in [-0.3, -0.25) is 0 Å². The van der Waals surface area contributed by atoms with Crippen molar-refractivity contribution in [3.05, 3.63) is 0 Å². The van der Waals surface area contributed by atoms with Crippen molar-refractivity contribution in [1.82, 2.24) is 10.2 Å². The minimum absolute atomic E-state index is 0.812. The van der Waals surface area contributed by atoms with Gasteiger partial charge in [0.25, 0.3) is 0 Å². The summed E-state index contributed by atoms with van der Waals surface area (Å²) < 4.78 is 0. The van der Waals surface area contributed by atoms with E-state index in [9.17, 15) is 0 Å². The van der Waals surface area contributed by atoms with Gasteiger partial charge in [-0.05, 0) is 58.8 Å². The molecule has 1 aliphatic rings. The first-order chi connectivity index (χ1) is 7.84. The molecule has 0 bridgehead atoms. The first kappa shape index (κ1) is 14.3. The third-order valence-electron chi connectivity index (χ3n) is 3.56. The normalized spacial score (nSPS) is 22.5. The van der Waals surface area contributed by atoms with Crippen LogP contribution in [0.4, 0.5) is 0 Å². The molecule has 1 atom stereocenters. The van der Waals surface area contributed by atoms with Gasteiger partial charge in [-0.15, -0.1) is 11.6 Å². The molecule has 1 fully saturated rings. The molecule has 0 aromatic rings. The van der Waals surface area contributed by atoms with E-state index in [1.54, 1.807) is 0 Å². The molecular formula is C13H27ClN2. The second kappa shape index (κ2) is 9.26. The van der Waals surface area contributed by atoms with E-state index in [-0.39, 0.29) is 0 Å². The fourth-order valence-electron chi connectivity index (χ4n) is 2.42. The highest BCUT2D eigenvalue weighted by Crippen LogP contribution is 2.16. The summed E-state index contributed by atoms with van der Waals surface area (Å²) in [6.45, 7) is 3.63. The van der Waals surface area contributed by atoms with E-state index in [1.165, 1.54) is 51.6 Å². The van der Waals surface area contributed by atoms with Gasteiger partial charge in [0.2, 0.25) is 0 Å². The summed E-state index contributed by atoms with van der Waals surface area (Å²) in [4.78, 5) is 2.53. The minimum Gasteiger partial charge on any atom is -0.317 e. The van der Waals surface area contributed by atoms with Crippen molar-refractivity contribution < 1.29 is 0 Å². The van der Waals surface area contributed by atoms with Gasteiger partial charge in [-0.25, -0.2) is 0 Å². The van der Waals surface area contributed by atoms with Gasteiger partial charge in [-0.1, -0.05) is 12.8 Å². The molecular weight excluding hydrogens is 220 g/mol. The topological polar surface area (TPSA) is 15.3 Å². The van der Waals surface area contributed by atoms with Crippen LogP contribution in [0.5, 0.6) is 0 Å². The van der Waals surface area contributed by atoms with Crippen molar-refractivity contribution in [2.45, 2.75) is 51.0 Å². The van der Waals surface area contributed by atoms with E-state index in [0.717, 1.165) is 24.9 Å². The van der Waals surface area contributed by atoms with Gasteiger partial charge >= 0.3 is 0 Å². The predicted molar refractivity (Wildman–Crippen MR) is 72.3 cm³/mol. The van der Waals surface area contributed by atoms with E-state index >= 15 is 0 Å². The molecule has 0 aliphatic carbocycles. The average molecular weight is 247 g/mol. The molecule has 96 valence electrons. The van der Waals surface area contributed by atoms with Crippen LogP contribution in [0.1, 0.15) is 44.9 Å². The Morgan fingerprint density at radius 2 is 2.06 bits per heavy atom. The monoisotopic (exact) mass is 246 g/mol. The van der Waals surface area contributed by atoms with Crippen LogP contribution in [0.15, 0.2) is 0 Å². The summed E-state index contributed by atoms with van der Waals surface area (Å²) in [5, 5.41) is 3.54. The number of hydrogen-bond donors (Lipinski definition) is 1. The van der Waals surface area contributed by atoms with E-state index in [0.29, 0.717) is 0 Å². The van der Waals surface area contributed by atoms with Gasteiger partial charge in [-0.2, -0.15) is 0 Å². The van der Waals surface area contributed by atoms with Gasteiger partial charge in [0, 0.05) is 11.9 Å². The SMILES string of the molecule is CN1CCCCC1CCNCCCCCCl. The zero-order valence-corrected chi connectivity index (χ0v) is 11.4. The van der Waals surface area contributed by atoms with Gasteiger partial charge in [0.1, 0.15) is 0 Å². The number of halogens is 1. The number of likely N-dealkylation sites (tertiary alicyclic amines) is 1. The smallest absolute Gasteiger partial charge is 0.0223 e. The number of nitrogens with zero attached hydrogens (tertiary/aromatic N) is 1. The van der Waals surface area contributed by atoms with E-state index in [4.69, 9.17) is 11.6 Å². The standard InChI is InChI=1S/C13H27ClN2/c1-16-12-6-3-7-13(16)8-11-15-10-5-2-4-9-14/h13,15H,2-12H2,1H3. The summed E-state index contributed by atoms with van der Waals surface area (Å²) >= 11 is 5.63. The maximum absolute atomic E-state index is 5.63. The lowest BCUT2D eigenvalue weighted by molar-refractivity contribution is 0.175. The summed E-state index contributed by atoms with van der Waals surface area (Å²) in [5.41, 5.74) is 0. The third kappa shape index (κ3) is 6.07. The molecule has 3 heteroatoms. The molecule has 1 saturated heterocycles. The Hall–Kier alpha value is 0.210. The highest BCUT2D eigenvalue weighted by atomic mass is 35.5. The van der Waals surface area contributed by atoms with Gasteiger partial charge in [0.15, 0.2) is 0 Å². The molecule has 1 rings (SSSR count). The lowest BCUT2D eigenvalue weighted by atomic mass is 10.0. The van der Waals surface area contributed by atoms with Crippen LogP contribution < -0.4 is 5.32 Å². The average Bonchev–Trinajstić information content (AvgIpc) is 2.30. The molecule has 0 aromatic carbocycles. The summed E-state index contributed by atoms with van der Waals surface area (Å²) in [6.07, 6.45) is 9.21. The quantitative estimate of drug-likeness (QED) is 0.524.